The molecule has 336 valence electrons. The minimum Gasteiger partial charge on any atom is -0.466 e. The van der Waals surface area contributed by atoms with Crippen LogP contribution in [-0.4, -0.2) is 25.2 Å². The number of hydrogen-bond donors (Lipinski definition) is 0. The molecule has 0 fully saturated rings. The van der Waals surface area contributed by atoms with Crippen LogP contribution in [-0.2, 0) is 19.1 Å². The highest BCUT2D eigenvalue weighted by Crippen LogP contribution is 2.15. The standard InChI is InChI=1S/C28H56O2.C24H48O2/c1-3-5-7-9-11-13-15-17-19-21-23-25-27-30-28(29)26-24-22-20-18-16-14-12-10-8-6-4-2;1-3-5-7-9-11-12-13-14-15-16-17-18-20-22-24(25)26-23-21-19-10-8-6-4-2/h3-27H2,1-2H3;3-23H2,1-2H3. The average Bonchev–Trinajstić information content (AvgIpc) is 3.20. The van der Waals surface area contributed by atoms with Crippen LogP contribution in [0.4, 0.5) is 0 Å². The van der Waals surface area contributed by atoms with E-state index >= 15 is 0 Å². The molecule has 0 radical (unpaired) electrons. The Morgan fingerprint density at radius 2 is 0.393 bits per heavy atom. The second-order valence-corrected chi connectivity index (χ2v) is 17.4. The molecule has 0 aromatic carbocycles. The predicted octanol–water partition coefficient (Wildman–Crippen LogP) is 18.3. The normalized spacial score (nSPS) is 11.1. The van der Waals surface area contributed by atoms with E-state index in [4.69, 9.17) is 9.47 Å². The number of rotatable bonds is 46. The third-order valence-corrected chi connectivity index (χ3v) is 11.5. The average molecular weight is 793 g/mol. The molecule has 0 spiro atoms. The number of ether oxygens (including phenoxy) is 2. The first-order valence-corrected chi connectivity index (χ1v) is 25.9. The van der Waals surface area contributed by atoms with Crippen LogP contribution in [0.1, 0.15) is 310 Å². The molecule has 0 rings (SSSR count). The molecule has 4 heteroatoms. The van der Waals surface area contributed by atoms with Crippen LogP contribution >= 0.6 is 0 Å². The fourth-order valence-electron chi connectivity index (χ4n) is 7.56. The van der Waals surface area contributed by atoms with Crippen molar-refractivity contribution in [1.29, 1.82) is 0 Å². The first-order chi connectivity index (χ1) is 27.6. The zero-order valence-electron chi connectivity index (χ0n) is 39.2. The lowest BCUT2D eigenvalue weighted by Gasteiger charge is -2.06. The van der Waals surface area contributed by atoms with Gasteiger partial charge in [-0.3, -0.25) is 9.59 Å². The Balaban J connectivity index is 0. The van der Waals surface area contributed by atoms with Gasteiger partial charge in [0.1, 0.15) is 0 Å². The maximum Gasteiger partial charge on any atom is 0.305 e. The molecule has 0 unspecified atom stereocenters. The quantitative estimate of drug-likeness (QED) is 0.0455. The minimum atomic E-state index is 0.0154. The summed E-state index contributed by atoms with van der Waals surface area (Å²) in [6, 6.07) is 0. The topological polar surface area (TPSA) is 52.6 Å². The van der Waals surface area contributed by atoms with Crippen LogP contribution < -0.4 is 0 Å². The second kappa shape index (κ2) is 53.9. The minimum absolute atomic E-state index is 0.0154. The first kappa shape index (κ1) is 57.0. The van der Waals surface area contributed by atoms with E-state index in [1.54, 1.807) is 0 Å². The summed E-state index contributed by atoms with van der Waals surface area (Å²) in [5, 5.41) is 0. The predicted molar refractivity (Wildman–Crippen MR) is 248 cm³/mol. The number of hydrogen-bond acceptors (Lipinski definition) is 4. The molecule has 56 heavy (non-hydrogen) atoms. The van der Waals surface area contributed by atoms with E-state index in [-0.39, 0.29) is 11.9 Å². The molecule has 0 heterocycles. The summed E-state index contributed by atoms with van der Waals surface area (Å²) in [5.74, 6) is 0.0376. The molecule has 0 N–H and O–H groups in total. The number of carbonyl (C=O) groups is 2. The molecule has 4 nitrogen and oxygen atoms in total. The van der Waals surface area contributed by atoms with Gasteiger partial charge >= 0.3 is 11.9 Å². The SMILES string of the molecule is CCCCCCCCCCCCCCCC(=O)OCCCCCCCC.CCCCCCCCCCCCCCOC(=O)CCCCCCCCCCCCC. The van der Waals surface area contributed by atoms with Crippen molar-refractivity contribution in [3.63, 3.8) is 0 Å². The Labute approximate surface area is 353 Å². The highest BCUT2D eigenvalue weighted by molar-refractivity contribution is 5.69. The van der Waals surface area contributed by atoms with Gasteiger partial charge in [-0.15, -0.1) is 0 Å². The van der Waals surface area contributed by atoms with Crippen molar-refractivity contribution in [2.24, 2.45) is 0 Å². The monoisotopic (exact) mass is 793 g/mol. The second-order valence-electron chi connectivity index (χ2n) is 17.4. The molecular formula is C52H104O4. The van der Waals surface area contributed by atoms with Gasteiger partial charge in [-0.1, -0.05) is 272 Å². The van der Waals surface area contributed by atoms with Crippen LogP contribution in [0.15, 0.2) is 0 Å². The van der Waals surface area contributed by atoms with Crippen molar-refractivity contribution >= 4 is 11.9 Å². The summed E-state index contributed by atoms with van der Waals surface area (Å²) < 4.78 is 10.7. The maximum absolute atomic E-state index is 11.8. The van der Waals surface area contributed by atoms with Crippen molar-refractivity contribution in [3.05, 3.63) is 0 Å². The highest BCUT2D eigenvalue weighted by Gasteiger charge is 2.04. The van der Waals surface area contributed by atoms with E-state index in [9.17, 15) is 9.59 Å². The van der Waals surface area contributed by atoms with Gasteiger partial charge in [0.25, 0.3) is 0 Å². The molecule has 0 atom stereocenters. The first-order valence-electron chi connectivity index (χ1n) is 25.9. The lowest BCUT2D eigenvalue weighted by molar-refractivity contribution is -0.144. The number of esters is 2. The molecule has 0 aromatic heterocycles. The Morgan fingerprint density at radius 3 is 0.589 bits per heavy atom. The lowest BCUT2D eigenvalue weighted by atomic mass is 10.0. The van der Waals surface area contributed by atoms with Crippen molar-refractivity contribution < 1.29 is 19.1 Å². The maximum atomic E-state index is 11.8. The van der Waals surface area contributed by atoms with Crippen LogP contribution in [0.25, 0.3) is 0 Å². The van der Waals surface area contributed by atoms with E-state index in [1.165, 1.54) is 244 Å². The number of carbonyl (C=O) groups excluding carboxylic acids is 2. The zero-order valence-corrected chi connectivity index (χ0v) is 39.2. The van der Waals surface area contributed by atoms with E-state index in [0.717, 1.165) is 25.7 Å². The summed E-state index contributed by atoms with van der Waals surface area (Å²) >= 11 is 0. The Bertz CT molecular complexity index is 722. The summed E-state index contributed by atoms with van der Waals surface area (Å²) in [4.78, 5) is 23.4. The van der Waals surface area contributed by atoms with Gasteiger partial charge in [0, 0.05) is 12.8 Å². The van der Waals surface area contributed by atoms with Crippen molar-refractivity contribution in [2.75, 3.05) is 13.2 Å². The molecule has 0 aliphatic heterocycles. The fourth-order valence-corrected chi connectivity index (χ4v) is 7.56. The summed E-state index contributed by atoms with van der Waals surface area (Å²) in [6.45, 7) is 10.3. The van der Waals surface area contributed by atoms with Gasteiger partial charge in [0.05, 0.1) is 13.2 Å². The van der Waals surface area contributed by atoms with Gasteiger partial charge in [0.2, 0.25) is 0 Å². The smallest absolute Gasteiger partial charge is 0.305 e. The van der Waals surface area contributed by atoms with Crippen molar-refractivity contribution in [2.45, 2.75) is 310 Å². The van der Waals surface area contributed by atoms with Gasteiger partial charge in [-0.2, -0.15) is 0 Å². The molecule has 0 aliphatic rings. The summed E-state index contributed by atoms with van der Waals surface area (Å²) in [6.07, 6.45) is 56.8. The summed E-state index contributed by atoms with van der Waals surface area (Å²) in [7, 11) is 0. The fraction of sp³-hybridized carbons (Fsp3) is 0.962. The lowest BCUT2D eigenvalue weighted by Crippen LogP contribution is -2.05. The van der Waals surface area contributed by atoms with Crippen LogP contribution in [0.5, 0.6) is 0 Å². The third kappa shape index (κ3) is 55.0. The Hall–Kier alpha value is -1.06. The molecular weight excluding hydrogens is 689 g/mol. The van der Waals surface area contributed by atoms with Crippen LogP contribution in [0, 0.1) is 0 Å². The third-order valence-electron chi connectivity index (χ3n) is 11.5. The van der Waals surface area contributed by atoms with E-state index < -0.39 is 0 Å². The largest absolute Gasteiger partial charge is 0.466 e. The van der Waals surface area contributed by atoms with E-state index in [2.05, 4.69) is 27.7 Å². The van der Waals surface area contributed by atoms with Gasteiger partial charge in [-0.05, 0) is 25.7 Å². The molecule has 0 aromatic rings. The highest BCUT2D eigenvalue weighted by atomic mass is 16.5. The van der Waals surface area contributed by atoms with E-state index in [1.807, 2.05) is 0 Å². The van der Waals surface area contributed by atoms with Gasteiger partial charge in [0.15, 0.2) is 0 Å². The Morgan fingerprint density at radius 1 is 0.232 bits per heavy atom. The van der Waals surface area contributed by atoms with Crippen LogP contribution in [0.2, 0.25) is 0 Å². The van der Waals surface area contributed by atoms with E-state index in [0.29, 0.717) is 26.1 Å². The molecule has 0 saturated heterocycles. The van der Waals surface area contributed by atoms with Crippen LogP contribution in [0.3, 0.4) is 0 Å². The van der Waals surface area contributed by atoms with Crippen molar-refractivity contribution in [3.8, 4) is 0 Å². The molecule has 0 aliphatic carbocycles. The molecule has 0 amide bonds. The summed E-state index contributed by atoms with van der Waals surface area (Å²) in [5.41, 5.74) is 0. The Kier molecular flexibility index (Phi) is 54.9. The zero-order chi connectivity index (χ0) is 41.1. The molecule has 0 bridgehead atoms. The van der Waals surface area contributed by atoms with Gasteiger partial charge in [-0.25, -0.2) is 0 Å². The van der Waals surface area contributed by atoms with Crippen molar-refractivity contribution in [1.82, 2.24) is 0 Å². The number of unbranched alkanes of at least 4 members (excludes halogenated alkanes) is 38. The molecule has 0 saturated carbocycles. The van der Waals surface area contributed by atoms with Gasteiger partial charge < -0.3 is 9.47 Å².